The predicted molar refractivity (Wildman–Crippen MR) is 78.8 cm³/mol. The van der Waals surface area contributed by atoms with E-state index in [1.54, 1.807) is 13.8 Å². The summed E-state index contributed by atoms with van der Waals surface area (Å²) in [5.41, 5.74) is 4.76. The fourth-order valence-corrected chi connectivity index (χ4v) is 1.63. The first-order chi connectivity index (χ1) is 10.6. The minimum atomic E-state index is -4.46. The van der Waals surface area contributed by atoms with E-state index in [0.717, 1.165) is 12.1 Å². The Morgan fingerprint density at radius 1 is 1.39 bits per heavy atom. The lowest BCUT2D eigenvalue weighted by Gasteiger charge is -2.18. The Morgan fingerprint density at radius 2 is 2.04 bits per heavy atom. The van der Waals surface area contributed by atoms with Crippen LogP contribution in [-0.2, 0) is 11.0 Å². The molecule has 0 aliphatic heterocycles. The van der Waals surface area contributed by atoms with Crippen LogP contribution in [0.2, 0.25) is 0 Å². The maximum absolute atomic E-state index is 12.6. The second-order valence-corrected chi connectivity index (χ2v) is 5.38. The maximum Gasteiger partial charge on any atom is 0.416 e. The van der Waals surface area contributed by atoms with E-state index in [9.17, 15) is 23.1 Å². The van der Waals surface area contributed by atoms with Gasteiger partial charge >= 0.3 is 6.18 Å². The van der Waals surface area contributed by atoms with E-state index in [1.807, 2.05) is 0 Å². The molecule has 0 saturated carbocycles. The molecule has 0 bridgehead atoms. The molecule has 0 heterocycles. The van der Waals surface area contributed by atoms with Gasteiger partial charge in [0.15, 0.2) is 0 Å². The van der Waals surface area contributed by atoms with E-state index in [-0.39, 0.29) is 30.9 Å². The van der Waals surface area contributed by atoms with Crippen molar-refractivity contribution in [2.75, 3.05) is 13.2 Å². The lowest BCUT2D eigenvalue weighted by Crippen LogP contribution is -2.42. The van der Waals surface area contributed by atoms with Crippen LogP contribution in [0.15, 0.2) is 24.3 Å². The van der Waals surface area contributed by atoms with E-state index in [2.05, 4.69) is 5.32 Å². The first kappa shape index (κ1) is 19.2. The molecule has 0 saturated heterocycles. The normalized spacial score (nSPS) is 15.6. The Balaban J connectivity index is 2.45. The van der Waals surface area contributed by atoms with Crippen molar-refractivity contribution in [1.82, 2.24) is 5.32 Å². The van der Waals surface area contributed by atoms with E-state index in [4.69, 9.17) is 10.5 Å². The van der Waals surface area contributed by atoms with Gasteiger partial charge in [-0.05, 0) is 25.1 Å². The van der Waals surface area contributed by atoms with Crippen molar-refractivity contribution in [3.05, 3.63) is 29.8 Å². The van der Waals surface area contributed by atoms with Crippen LogP contribution in [-0.4, -0.2) is 36.3 Å². The minimum absolute atomic E-state index is 0.00542. The first-order valence-corrected chi connectivity index (χ1v) is 7.12. The van der Waals surface area contributed by atoms with Crippen molar-refractivity contribution in [3.63, 3.8) is 0 Å². The summed E-state index contributed by atoms with van der Waals surface area (Å²) in [6.07, 6.45) is -5.50. The van der Waals surface area contributed by atoms with Gasteiger partial charge in [0.25, 0.3) is 0 Å². The highest BCUT2D eigenvalue weighted by Gasteiger charge is 2.30. The van der Waals surface area contributed by atoms with Gasteiger partial charge < -0.3 is 20.9 Å². The summed E-state index contributed by atoms with van der Waals surface area (Å²) >= 11 is 0. The number of alkyl halides is 3. The summed E-state index contributed by atoms with van der Waals surface area (Å²) in [6.45, 7) is 3.03. The fourth-order valence-electron chi connectivity index (χ4n) is 1.63. The molecule has 4 N–H and O–H groups in total. The molecular formula is C15H21F3N2O3. The van der Waals surface area contributed by atoms with Crippen molar-refractivity contribution in [1.29, 1.82) is 0 Å². The summed E-state index contributed by atoms with van der Waals surface area (Å²) in [5, 5.41) is 12.2. The van der Waals surface area contributed by atoms with Crippen LogP contribution in [0, 0.1) is 5.92 Å². The molecule has 0 fully saturated rings. The number of benzene rings is 1. The molecule has 5 nitrogen and oxygen atoms in total. The second-order valence-electron chi connectivity index (χ2n) is 5.38. The highest BCUT2D eigenvalue weighted by atomic mass is 19.4. The molecule has 1 aromatic carbocycles. The molecule has 0 aliphatic rings. The topological polar surface area (TPSA) is 84.6 Å². The van der Waals surface area contributed by atoms with Crippen molar-refractivity contribution >= 4 is 5.91 Å². The molecule has 130 valence electrons. The van der Waals surface area contributed by atoms with E-state index < -0.39 is 23.8 Å². The average molecular weight is 334 g/mol. The standard InChI is InChI=1S/C15H21F3N2O3/c1-9(10(2)19)14(22)20-7-12(21)8-23-13-5-3-4-11(6-13)15(16,17)18/h3-6,9-10,12,21H,7-8,19H2,1-2H3,(H,20,22). The van der Waals surface area contributed by atoms with Crippen LogP contribution < -0.4 is 15.8 Å². The molecule has 8 heteroatoms. The van der Waals surface area contributed by atoms with Gasteiger partial charge in [-0.1, -0.05) is 13.0 Å². The van der Waals surface area contributed by atoms with Crippen LogP contribution in [0.5, 0.6) is 5.75 Å². The number of rotatable bonds is 7. The Bertz CT molecular complexity index is 521. The van der Waals surface area contributed by atoms with Crippen LogP contribution in [0.4, 0.5) is 13.2 Å². The fraction of sp³-hybridized carbons (Fsp3) is 0.533. The minimum Gasteiger partial charge on any atom is -0.491 e. The number of amides is 1. The molecule has 1 amide bonds. The highest BCUT2D eigenvalue weighted by Crippen LogP contribution is 2.31. The highest BCUT2D eigenvalue weighted by molar-refractivity contribution is 5.78. The van der Waals surface area contributed by atoms with E-state index in [1.165, 1.54) is 12.1 Å². The van der Waals surface area contributed by atoms with Gasteiger partial charge in [-0.2, -0.15) is 13.2 Å². The van der Waals surface area contributed by atoms with Crippen LogP contribution in [0.3, 0.4) is 0 Å². The number of hydrogen-bond acceptors (Lipinski definition) is 4. The number of nitrogens with two attached hydrogens (primary N) is 1. The predicted octanol–water partition coefficient (Wildman–Crippen LogP) is 1.54. The Kier molecular flexibility index (Phi) is 6.83. The molecule has 0 radical (unpaired) electrons. The number of ether oxygens (including phenoxy) is 1. The molecular weight excluding hydrogens is 313 g/mol. The zero-order valence-electron chi connectivity index (χ0n) is 12.9. The molecule has 23 heavy (non-hydrogen) atoms. The molecule has 0 aliphatic carbocycles. The van der Waals surface area contributed by atoms with E-state index in [0.29, 0.717) is 0 Å². The maximum atomic E-state index is 12.6. The van der Waals surface area contributed by atoms with Gasteiger partial charge in [0.05, 0.1) is 5.56 Å². The number of carbonyl (C=O) groups is 1. The number of carbonyl (C=O) groups excluding carboxylic acids is 1. The quantitative estimate of drug-likeness (QED) is 0.706. The van der Waals surface area contributed by atoms with Gasteiger partial charge in [0.1, 0.15) is 18.5 Å². The van der Waals surface area contributed by atoms with Gasteiger partial charge in [-0.15, -0.1) is 0 Å². The van der Waals surface area contributed by atoms with Gasteiger partial charge in [-0.25, -0.2) is 0 Å². The average Bonchev–Trinajstić information content (AvgIpc) is 2.49. The van der Waals surface area contributed by atoms with Crippen LogP contribution in [0.25, 0.3) is 0 Å². The summed E-state index contributed by atoms with van der Waals surface area (Å²) < 4.78 is 42.8. The van der Waals surface area contributed by atoms with Crippen molar-refractivity contribution in [3.8, 4) is 5.75 Å². The molecule has 0 aromatic heterocycles. The van der Waals surface area contributed by atoms with Crippen molar-refractivity contribution < 1.29 is 27.8 Å². The largest absolute Gasteiger partial charge is 0.491 e. The Labute approximate surface area is 132 Å². The monoisotopic (exact) mass is 334 g/mol. The SMILES string of the molecule is CC(N)C(C)C(=O)NCC(O)COc1cccc(C(F)(F)F)c1. The third-order valence-corrected chi connectivity index (χ3v) is 3.32. The summed E-state index contributed by atoms with van der Waals surface area (Å²) in [5.74, 6) is -0.723. The van der Waals surface area contributed by atoms with Crippen LogP contribution >= 0.6 is 0 Å². The van der Waals surface area contributed by atoms with Gasteiger partial charge in [0.2, 0.25) is 5.91 Å². The molecule has 3 unspecified atom stereocenters. The van der Waals surface area contributed by atoms with Crippen molar-refractivity contribution in [2.24, 2.45) is 11.7 Å². The zero-order chi connectivity index (χ0) is 17.6. The number of aliphatic hydroxyl groups is 1. The Morgan fingerprint density at radius 3 is 2.61 bits per heavy atom. The third kappa shape index (κ3) is 6.45. The Hall–Kier alpha value is -1.80. The molecule has 3 atom stereocenters. The van der Waals surface area contributed by atoms with E-state index >= 15 is 0 Å². The zero-order valence-corrected chi connectivity index (χ0v) is 12.9. The first-order valence-electron chi connectivity index (χ1n) is 7.12. The number of aliphatic hydroxyl groups excluding tert-OH is 1. The number of halogens is 3. The molecule has 1 rings (SSSR count). The smallest absolute Gasteiger partial charge is 0.416 e. The van der Waals surface area contributed by atoms with Crippen LogP contribution in [0.1, 0.15) is 19.4 Å². The lowest BCUT2D eigenvalue weighted by molar-refractivity contribution is -0.137. The summed E-state index contributed by atoms with van der Waals surface area (Å²) in [4.78, 5) is 11.7. The summed E-state index contributed by atoms with van der Waals surface area (Å²) in [6, 6.07) is 4.03. The summed E-state index contributed by atoms with van der Waals surface area (Å²) in [7, 11) is 0. The van der Waals surface area contributed by atoms with Gasteiger partial charge in [-0.3, -0.25) is 4.79 Å². The molecule has 0 spiro atoms. The van der Waals surface area contributed by atoms with Crippen molar-refractivity contribution in [2.45, 2.75) is 32.2 Å². The second kappa shape index (κ2) is 8.16. The lowest BCUT2D eigenvalue weighted by atomic mass is 10.0. The molecule has 1 aromatic rings. The van der Waals surface area contributed by atoms with Gasteiger partial charge in [0, 0.05) is 18.5 Å². The number of nitrogens with one attached hydrogen (secondary N) is 1. The number of hydrogen-bond donors (Lipinski definition) is 3. The third-order valence-electron chi connectivity index (χ3n) is 3.32.